The molecular weight excluding hydrogens is 366 g/mol. The van der Waals surface area contributed by atoms with Gasteiger partial charge in [-0.1, -0.05) is 12.1 Å². The fourth-order valence-electron chi connectivity index (χ4n) is 2.16. The Morgan fingerprint density at radius 1 is 1.11 bits per heavy atom. The number of carbonyl (C=O) groups is 3. The van der Waals surface area contributed by atoms with E-state index >= 15 is 0 Å². The van der Waals surface area contributed by atoms with E-state index in [0.29, 0.717) is 11.5 Å². The zero-order valence-electron chi connectivity index (χ0n) is 15.8. The molecule has 0 aliphatic heterocycles. The molecule has 2 rings (SSSR count). The molecule has 0 saturated heterocycles. The summed E-state index contributed by atoms with van der Waals surface area (Å²) in [6.45, 7) is 0.0517. The van der Waals surface area contributed by atoms with Crippen LogP contribution in [-0.4, -0.2) is 60.6 Å². The first-order valence-corrected chi connectivity index (χ1v) is 8.30. The van der Waals surface area contributed by atoms with E-state index in [2.05, 4.69) is 10.3 Å². The minimum Gasteiger partial charge on any atom is -0.493 e. The van der Waals surface area contributed by atoms with Gasteiger partial charge in [0.25, 0.3) is 11.8 Å². The Kier molecular flexibility index (Phi) is 6.91. The Morgan fingerprint density at radius 2 is 1.82 bits per heavy atom. The molecule has 1 heterocycles. The van der Waals surface area contributed by atoms with Crippen molar-refractivity contribution in [3.63, 3.8) is 0 Å². The van der Waals surface area contributed by atoms with Crippen molar-refractivity contribution >= 4 is 17.8 Å². The molecule has 2 N–H and O–H groups in total. The van der Waals surface area contributed by atoms with Crippen LogP contribution in [0.15, 0.2) is 36.4 Å². The average molecular weight is 387 g/mol. The number of likely N-dealkylation sites (N-methyl/N-ethyl adjacent to an activating group) is 1. The second kappa shape index (κ2) is 9.36. The Hall–Kier alpha value is -3.62. The number of carboxylic acid groups (broad SMARTS) is 1. The number of carbonyl (C=O) groups excluding carboxylic acids is 2. The highest BCUT2D eigenvalue weighted by atomic mass is 16.5. The van der Waals surface area contributed by atoms with Crippen molar-refractivity contribution in [2.24, 2.45) is 0 Å². The van der Waals surface area contributed by atoms with E-state index in [1.807, 2.05) is 0 Å². The number of carboxylic acids is 1. The van der Waals surface area contributed by atoms with Crippen molar-refractivity contribution in [2.45, 2.75) is 6.54 Å². The number of methoxy groups -OCH3 is 1. The van der Waals surface area contributed by atoms with E-state index in [1.165, 1.54) is 30.2 Å². The summed E-state index contributed by atoms with van der Waals surface area (Å²) in [6, 6.07) is 9.24. The van der Waals surface area contributed by atoms with Crippen molar-refractivity contribution in [3.05, 3.63) is 53.3 Å². The molecule has 0 unspecified atom stereocenters. The normalized spacial score (nSPS) is 10.1. The lowest BCUT2D eigenvalue weighted by molar-refractivity contribution is -0.130. The molecular formula is C19H21N3O6. The highest BCUT2D eigenvalue weighted by Crippen LogP contribution is 2.28. The van der Waals surface area contributed by atoms with Crippen LogP contribution in [0.5, 0.6) is 11.5 Å². The van der Waals surface area contributed by atoms with Gasteiger partial charge >= 0.3 is 5.97 Å². The average Bonchev–Trinajstić information content (AvgIpc) is 2.70. The topological polar surface area (TPSA) is 118 Å². The second-order valence-electron chi connectivity index (χ2n) is 5.96. The van der Waals surface area contributed by atoms with Gasteiger partial charge in [-0.3, -0.25) is 9.59 Å². The minimum atomic E-state index is -1.21. The van der Waals surface area contributed by atoms with Crippen LogP contribution in [0.1, 0.15) is 26.5 Å². The van der Waals surface area contributed by atoms with Crippen LogP contribution in [0.25, 0.3) is 0 Å². The van der Waals surface area contributed by atoms with Gasteiger partial charge in [-0.2, -0.15) is 0 Å². The summed E-state index contributed by atoms with van der Waals surface area (Å²) in [7, 11) is 4.74. The third-order valence-electron chi connectivity index (χ3n) is 3.73. The van der Waals surface area contributed by atoms with E-state index in [9.17, 15) is 14.4 Å². The van der Waals surface area contributed by atoms with Crippen molar-refractivity contribution in [1.82, 2.24) is 15.2 Å². The maximum Gasteiger partial charge on any atom is 0.354 e. The molecule has 0 bridgehead atoms. The molecule has 0 aliphatic rings. The molecule has 1 aromatic carbocycles. The van der Waals surface area contributed by atoms with Gasteiger partial charge in [0.1, 0.15) is 11.4 Å². The summed E-state index contributed by atoms with van der Waals surface area (Å²) in [5.41, 5.74) is 0.531. The molecule has 0 fully saturated rings. The number of hydrogen-bond acceptors (Lipinski definition) is 6. The molecule has 2 aromatic rings. The fraction of sp³-hybridized carbons (Fsp3) is 0.263. The number of hydrogen-bond donors (Lipinski definition) is 2. The van der Waals surface area contributed by atoms with Gasteiger partial charge in [0.05, 0.1) is 7.11 Å². The quantitative estimate of drug-likeness (QED) is 0.698. The Morgan fingerprint density at radius 3 is 2.46 bits per heavy atom. The summed E-state index contributed by atoms with van der Waals surface area (Å²) < 4.78 is 10.7. The van der Waals surface area contributed by atoms with E-state index in [-0.39, 0.29) is 30.4 Å². The van der Waals surface area contributed by atoms with Crippen molar-refractivity contribution in [3.8, 4) is 11.5 Å². The molecule has 0 aliphatic carbocycles. The highest BCUT2D eigenvalue weighted by molar-refractivity contribution is 5.94. The zero-order valence-corrected chi connectivity index (χ0v) is 15.8. The van der Waals surface area contributed by atoms with E-state index in [1.54, 1.807) is 32.3 Å². The van der Waals surface area contributed by atoms with E-state index < -0.39 is 11.9 Å². The standard InChI is InChI=1S/C19H21N3O6/c1-22(2)17(23)11-28-15-8-7-12(9-16(15)27-3)10-20-18(24)13-5-4-6-14(21-13)19(25)26/h4-9H,10-11H2,1-3H3,(H,20,24)(H,25,26). The molecule has 0 saturated carbocycles. The van der Waals surface area contributed by atoms with Gasteiger partial charge in [-0.15, -0.1) is 0 Å². The van der Waals surface area contributed by atoms with Crippen LogP contribution in [0, 0.1) is 0 Å². The number of benzene rings is 1. The van der Waals surface area contributed by atoms with Gasteiger partial charge in [0.15, 0.2) is 18.1 Å². The van der Waals surface area contributed by atoms with Crippen molar-refractivity contribution in [1.29, 1.82) is 0 Å². The molecule has 1 aromatic heterocycles. The van der Waals surface area contributed by atoms with E-state index in [4.69, 9.17) is 14.6 Å². The van der Waals surface area contributed by atoms with Crippen LogP contribution < -0.4 is 14.8 Å². The number of nitrogens with one attached hydrogen (secondary N) is 1. The Bertz CT molecular complexity index is 882. The molecule has 9 nitrogen and oxygen atoms in total. The molecule has 0 radical (unpaired) electrons. The summed E-state index contributed by atoms with van der Waals surface area (Å²) in [5, 5.41) is 11.6. The number of aromatic carboxylic acids is 1. The number of rotatable bonds is 8. The maximum absolute atomic E-state index is 12.2. The maximum atomic E-state index is 12.2. The number of pyridine rings is 1. The summed E-state index contributed by atoms with van der Waals surface area (Å²) in [6.07, 6.45) is 0. The molecule has 2 amide bonds. The van der Waals surface area contributed by atoms with Gasteiger partial charge in [0, 0.05) is 20.6 Å². The summed E-state index contributed by atoms with van der Waals surface area (Å²) >= 11 is 0. The Balaban J connectivity index is 2.02. The summed E-state index contributed by atoms with van der Waals surface area (Å²) in [5.74, 6) is -1.07. The molecule has 148 valence electrons. The van der Waals surface area contributed by atoms with Gasteiger partial charge < -0.3 is 24.8 Å². The summed E-state index contributed by atoms with van der Waals surface area (Å²) in [4.78, 5) is 40.0. The lowest BCUT2D eigenvalue weighted by atomic mass is 10.2. The van der Waals surface area contributed by atoms with Crippen molar-refractivity contribution in [2.75, 3.05) is 27.8 Å². The lowest BCUT2D eigenvalue weighted by Gasteiger charge is -2.14. The largest absolute Gasteiger partial charge is 0.493 e. The first-order valence-electron chi connectivity index (χ1n) is 8.30. The fourth-order valence-corrected chi connectivity index (χ4v) is 2.16. The zero-order chi connectivity index (χ0) is 20.7. The molecule has 9 heteroatoms. The third-order valence-corrected chi connectivity index (χ3v) is 3.73. The Labute approximate surface area is 161 Å². The number of aromatic nitrogens is 1. The van der Waals surface area contributed by atoms with Gasteiger partial charge in [-0.25, -0.2) is 9.78 Å². The van der Waals surface area contributed by atoms with E-state index in [0.717, 1.165) is 5.56 Å². The number of amides is 2. The van der Waals surface area contributed by atoms with Crippen LogP contribution in [0.4, 0.5) is 0 Å². The predicted molar refractivity (Wildman–Crippen MR) is 99.5 cm³/mol. The van der Waals surface area contributed by atoms with Crippen LogP contribution in [-0.2, 0) is 11.3 Å². The SMILES string of the molecule is COc1cc(CNC(=O)c2cccc(C(=O)O)n2)ccc1OCC(=O)N(C)C. The minimum absolute atomic E-state index is 0.00835. The second-order valence-corrected chi connectivity index (χ2v) is 5.96. The van der Waals surface area contributed by atoms with Crippen LogP contribution >= 0.6 is 0 Å². The monoisotopic (exact) mass is 387 g/mol. The molecule has 0 spiro atoms. The first-order chi connectivity index (χ1) is 13.3. The number of ether oxygens (including phenoxy) is 2. The van der Waals surface area contributed by atoms with Crippen LogP contribution in [0.3, 0.4) is 0 Å². The van der Waals surface area contributed by atoms with Crippen LogP contribution in [0.2, 0.25) is 0 Å². The van der Waals surface area contributed by atoms with Crippen molar-refractivity contribution < 1.29 is 29.0 Å². The smallest absolute Gasteiger partial charge is 0.354 e. The third kappa shape index (κ3) is 5.44. The molecule has 28 heavy (non-hydrogen) atoms. The highest BCUT2D eigenvalue weighted by Gasteiger charge is 2.13. The van der Waals surface area contributed by atoms with Gasteiger partial charge in [0.2, 0.25) is 0 Å². The number of nitrogens with zero attached hydrogens (tertiary/aromatic N) is 2. The van der Waals surface area contributed by atoms with Gasteiger partial charge in [-0.05, 0) is 29.8 Å². The lowest BCUT2D eigenvalue weighted by Crippen LogP contribution is -2.27. The predicted octanol–water partition coefficient (Wildman–Crippen LogP) is 1.19. The first kappa shape index (κ1) is 20.7. The molecule has 0 atom stereocenters.